The number of rotatable bonds is 3. The first-order valence-electron chi connectivity index (χ1n) is 7.04. The second-order valence-electron chi connectivity index (χ2n) is 5.02. The Morgan fingerprint density at radius 2 is 1.73 bits per heavy atom. The smallest absolute Gasteiger partial charge is 0.168 e. The summed E-state index contributed by atoms with van der Waals surface area (Å²) in [4.78, 5) is 4.16. The highest BCUT2D eigenvalue weighted by atomic mass is 16.3. The maximum Gasteiger partial charge on any atom is 0.168 e. The molecule has 108 valence electrons. The average Bonchev–Trinajstić information content (AvgIpc) is 3.20. The number of imidazole rings is 1. The van der Waals surface area contributed by atoms with Gasteiger partial charge in [0.15, 0.2) is 5.82 Å². The second kappa shape index (κ2) is 5.13. The molecule has 0 atom stereocenters. The highest BCUT2D eigenvalue weighted by molar-refractivity contribution is 5.87. The monoisotopic (exact) mass is 290 g/mol. The number of fused-ring (bicyclic) bond motifs is 1. The van der Waals surface area contributed by atoms with Crippen LogP contribution in [0, 0.1) is 0 Å². The largest absolute Gasteiger partial charge is 0.390 e. The molecule has 0 aliphatic carbocycles. The highest BCUT2D eigenvalue weighted by Gasteiger charge is 2.13. The van der Waals surface area contributed by atoms with E-state index < -0.39 is 0 Å². The van der Waals surface area contributed by atoms with Gasteiger partial charge in [0.2, 0.25) is 0 Å². The molecular weight excluding hydrogens is 276 g/mol. The minimum atomic E-state index is -0.0790. The Morgan fingerprint density at radius 3 is 2.50 bits per heavy atom. The molecule has 0 amide bonds. The normalized spacial score (nSPS) is 11.1. The lowest BCUT2D eigenvalue weighted by molar-refractivity contribution is 0.277. The Hall–Kier alpha value is -2.92. The van der Waals surface area contributed by atoms with Gasteiger partial charge in [-0.25, -0.2) is 9.67 Å². The fraction of sp³-hybridized carbons (Fsp3) is 0.0588. The molecule has 0 spiro atoms. The summed E-state index contributed by atoms with van der Waals surface area (Å²) in [5.41, 5.74) is 2.66. The number of aliphatic hydroxyl groups excluding tert-OH is 1. The van der Waals surface area contributed by atoms with Crippen molar-refractivity contribution in [2.75, 3.05) is 0 Å². The third kappa shape index (κ3) is 1.99. The van der Waals surface area contributed by atoms with Crippen LogP contribution in [-0.2, 0) is 6.61 Å². The zero-order valence-electron chi connectivity index (χ0n) is 11.8. The van der Waals surface area contributed by atoms with Crippen molar-refractivity contribution in [3.05, 3.63) is 72.8 Å². The summed E-state index contributed by atoms with van der Waals surface area (Å²) in [6, 6.07) is 18.1. The number of para-hydroxylation sites is 2. The van der Waals surface area contributed by atoms with Crippen LogP contribution in [-0.4, -0.2) is 24.4 Å². The van der Waals surface area contributed by atoms with Crippen LogP contribution in [0.1, 0.15) is 5.69 Å². The Labute approximate surface area is 127 Å². The van der Waals surface area contributed by atoms with Gasteiger partial charge in [0.1, 0.15) is 6.33 Å². The number of nitrogens with zero attached hydrogens (tertiary/aromatic N) is 4. The van der Waals surface area contributed by atoms with Crippen molar-refractivity contribution in [2.24, 2.45) is 0 Å². The van der Waals surface area contributed by atoms with E-state index in [2.05, 4.69) is 4.98 Å². The number of benzene rings is 2. The van der Waals surface area contributed by atoms with Gasteiger partial charge < -0.3 is 5.11 Å². The van der Waals surface area contributed by atoms with E-state index >= 15 is 0 Å². The lowest BCUT2D eigenvalue weighted by Crippen LogP contribution is -1.98. The predicted molar refractivity (Wildman–Crippen MR) is 84.1 cm³/mol. The van der Waals surface area contributed by atoms with Crippen molar-refractivity contribution < 1.29 is 5.11 Å². The summed E-state index contributed by atoms with van der Waals surface area (Å²) in [6.07, 6.45) is 3.47. The van der Waals surface area contributed by atoms with Gasteiger partial charge in [-0.05, 0) is 24.3 Å². The van der Waals surface area contributed by atoms with Crippen molar-refractivity contribution in [2.45, 2.75) is 6.61 Å². The average molecular weight is 290 g/mol. The number of aliphatic hydroxyl groups is 1. The Bertz CT molecular complexity index is 924. The molecule has 4 aromatic rings. The zero-order valence-corrected chi connectivity index (χ0v) is 11.8. The summed E-state index contributed by atoms with van der Waals surface area (Å²) < 4.78 is 3.76. The van der Waals surface area contributed by atoms with Gasteiger partial charge in [-0.3, -0.25) is 4.57 Å². The van der Waals surface area contributed by atoms with Gasteiger partial charge in [0, 0.05) is 11.6 Å². The topological polar surface area (TPSA) is 55.9 Å². The van der Waals surface area contributed by atoms with E-state index in [0.717, 1.165) is 22.4 Å². The number of hydrogen-bond donors (Lipinski definition) is 1. The van der Waals surface area contributed by atoms with Crippen LogP contribution in [0.2, 0.25) is 0 Å². The van der Waals surface area contributed by atoms with Crippen LogP contribution in [0.5, 0.6) is 0 Å². The van der Waals surface area contributed by atoms with Gasteiger partial charge in [0.25, 0.3) is 0 Å². The third-order valence-corrected chi connectivity index (χ3v) is 3.61. The molecule has 1 N–H and O–H groups in total. The van der Waals surface area contributed by atoms with Gasteiger partial charge in [-0.2, -0.15) is 0 Å². The van der Waals surface area contributed by atoms with E-state index in [1.54, 1.807) is 12.5 Å². The summed E-state index contributed by atoms with van der Waals surface area (Å²) in [6.45, 7) is -0.0790. The van der Waals surface area contributed by atoms with Crippen molar-refractivity contribution in [1.29, 1.82) is 0 Å². The van der Waals surface area contributed by atoms with E-state index in [4.69, 9.17) is 5.10 Å². The highest BCUT2D eigenvalue weighted by Crippen LogP contribution is 2.24. The third-order valence-electron chi connectivity index (χ3n) is 3.61. The Morgan fingerprint density at radius 1 is 0.955 bits per heavy atom. The lowest BCUT2D eigenvalue weighted by Gasteiger charge is -2.01. The molecule has 0 fully saturated rings. The molecule has 22 heavy (non-hydrogen) atoms. The summed E-state index contributed by atoms with van der Waals surface area (Å²) in [7, 11) is 0. The van der Waals surface area contributed by atoms with Gasteiger partial charge in [0.05, 0.1) is 23.5 Å². The molecule has 5 nitrogen and oxygen atoms in total. The van der Waals surface area contributed by atoms with Gasteiger partial charge in [-0.15, -0.1) is 5.10 Å². The molecular formula is C17H14N4O. The van der Waals surface area contributed by atoms with Crippen LogP contribution < -0.4 is 0 Å². The summed E-state index contributed by atoms with van der Waals surface area (Å²) in [5.74, 6) is 0.798. The van der Waals surface area contributed by atoms with Crippen molar-refractivity contribution in [1.82, 2.24) is 19.3 Å². The second-order valence-corrected chi connectivity index (χ2v) is 5.02. The summed E-state index contributed by atoms with van der Waals surface area (Å²) >= 11 is 0. The van der Waals surface area contributed by atoms with E-state index in [0.29, 0.717) is 5.69 Å². The maximum absolute atomic E-state index is 9.19. The zero-order chi connectivity index (χ0) is 14.9. The van der Waals surface area contributed by atoms with Crippen molar-refractivity contribution in [3.63, 3.8) is 0 Å². The molecule has 0 radical (unpaired) electrons. The minimum Gasteiger partial charge on any atom is -0.390 e. The van der Waals surface area contributed by atoms with Gasteiger partial charge in [-0.1, -0.05) is 30.3 Å². The molecule has 0 saturated carbocycles. The minimum absolute atomic E-state index is 0.0790. The molecule has 5 heteroatoms. The SMILES string of the molecule is OCc1cn(-c2nn(-c3ccccc3)c3ccccc23)cn1. The van der Waals surface area contributed by atoms with Gasteiger partial charge >= 0.3 is 0 Å². The Balaban J connectivity index is 1.97. The van der Waals surface area contributed by atoms with E-state index in [1.165, 1.54) is 0 Å². The predicted octanol–water partition coefficient (Wildman–Crippen LogP) is 2.70. The summed E-state index contributed by atoms with van der Waals surface area (Å²) in [5, 5.41) is 15.0. The van der Waals surface area contributed by atoms with E-state index in [9.17, 15) is 5.11 Å². The molecule has 0 aliphatic rings. The fourth-order valence-corrected chi connectivity index (χ4v) is 2.57. The fourth-order valence-electron chi connectivity index (χ4n) is 2.57. The maximum atomic E-state index is 9.19. The molecule has 2 aromatic heterocycles. The first-order chi connectivity index (χ1) is 10.9. The molecule has 2 aromatic carbocycles. The van der Waals surface area contributed by atoms with Crippen LogP contribution in [0.15, 0.2) is 67.1 Å². The van der Waals surface area contributed by atoms with Crippen LogP contribution in [0.25, 0.3) is 22.4 Å². The molecule has 0 saturated heterocycles. The number of hydrogen-bond acceptors (Lipinski definition) is 3. The molecule has 0 bridgehead atoms. The first-order valence-corrected chi connectivity index (χ1v) is 7.04. The lowest BCUT2D eigenvalue weighted by atomic mass is 10.2. The Kier molecular flexibility index (Phi) is 2.98. The van der Waals surface area contributed by atoms with E-state index in [1.807, 2.05) is 63.8 Å². The van der Waals surface area contributed by atoms with E-state index in [-0.39, 0.29) is 6.61 Å². The quantitative estimate of drug-likeness (QED) is 0.631. The van der Waals surface area contributed by atoms with Crippen molar-refractivity contribution in [3.8, 4) is 11.5 Å². The molecule has 0 aliphatic heterocycles. The molecule has 4 rings (SSSR count). The van der Waals surface area contributed by atoms with Crippen molar-refractivity contribution >= 4 is 10.9 Å². The standard InChI is InChI=1S/C17H14N4O/c22-11-13-10-20(12-18-13)17-15-8-4-5-9-16(15)21(19-17)14-6-2-1-3-7-14/h1-10,12,22H,11H2. The molecule has 2 heterocycles. The number of aromatic nitrogens is 4. The molecule has 0 unspecified atom stereocenters. The van der Waals surface area contributed by atoms with Crippen LogP contribution in [0.3, 0.4) is 0 Å². The first kappa shape index (κ1) is 12.8. The van der Waals surface area contributed by atoms with Crippen LogP contribution >= 0.6 is 0 Å². The van der Waals surface area contributed by atoms with Crippen LogP contribution in [0.4, 0.5) is 0 Å².